The highest BCUT2D eigenvalue weighted by Crippen LogP contribution is 2.29. The van der Waals surface area contributed by atoms with E-state index in [1.165, 1.54) is 0 Å². The average Bonchev–Trinajstić information content (AvgIpc) is 2.97. The van der Waals surface area contributed by atoms with Gasteiger partial charge in [0.25, 0.3) is 0 Å². The topological polar surface area (TPSA) is 40.5 Å². The Hall–Kier alpha value is -1.80. The van der Waals surface area contributed by atoms with Gasteiger partial charge in [0.1, 0.15) is 5.01 Å². The molecule has 2 rings (SSSR count). The van der Waals surface area contributed by atoms with Crippen LogP contribution in [-0.4, -0.2) is 29.9 Å². The van der Waals surface area contributed by atoms with Crippen LogP contribution < -0.4 is 5.32 Å². The Kier molecular flexibility index (Phi) is 6.06. The van der Waals surface area contributed by atoms with Crippen LogP contribution in [0.2, 0.25) is 5.02 Å². The van der Waals surface area contributed by atoms with E-state index in [0.717, 1.165) is 22.3 Å². The van der Waals surface area contributed by atoms with Crippen LogP contribution in [0.15, 0.2) is 34.6 Å². The molecule has 0 unspecified atom stereocenters. The van der Waals surface area contributed by atoms with Gasteiger partial charge in [0.05, 0.1) is 6.54 Å². The van der Waals surface area contributed by atoms with Gasteiger partial charge in [-0.1, -0.05) is 23.7 Å². The normalized spacial score (nSPS) is 12.3. The molecule has 2 aromatic rings. The molecule has 130 valence electrons. The number of thiazole rings is 1. The van der Waals surface area contributed by atoms with E-state index < -0.39 is 11.9 Å². The van der Waals surface area contributed by atoms with Crippen LogP contribution in [0.25, 0.3) is 0 Å². The third-order valence-electron chi connectivity index (χ3n) is 3.12. The Bertz CT molecular complexity index is 715. The molecule has 0 aliphatic rings. The molecule has 0 bridgehead atoms. The summed E-state index contributed by atoms with van der Waals surface area (Å²) >= 11 is 6.92. The van der Waals surface area contributed by atoms with Crippen LogP contribution in [0.4, 0.5) is 13.2 Å². The van der Waals surface area contributed by atoms with E-state index >= 15 is 0 Å². The van der Waals surface area contributed by atoms with Crippen LogP contribution in [0.1, 0.15) is 16.3 Å². The molecule has 0 saturated heterocycles. The first-order chi connectivity index (χ1) is 11.3. The standard InChI is InChI=1S/C15H16ClF3N4S/c1-20-14(23(2)8-10-4-3-5-11(16)6-10)21-7-13-22-12(9-24-13)15(17,18)19/h3-6,9H,7-8H2,1-2H3,(H,20,21). The van der Waals surface area contributed by atoms with Gasteiger partial charge in [0.15, 0.2) is 11.7 Å². The average molecular weight is 377 g/mol. The fourth-order valence-electron chi connectivity index (χ4n) is 2.05. The first-order valence-electron chi connectivity index (χ1n) is 6.97. The van der Waals surface area contributed by atoms with Gasteiger partial charge in [-0.25, -0.2) is 4.98 Å². The highest BCUT2D eigenvalue weighted by Gasteiger charge is 2.33. The molecule has 4 nitrogen and oxygen atoms in total. The zero-order valence-corrected chi connectivity index (χ0v) is 14.6. The number of nitrogens with zero attached hydrogens (tertiary/aromatic N) is 3. The van der Waals surface area contributed by atoms with Gasteiger partial charge in [0.2, 0.25) is 0 Å². The second-order valence-corrected chi connectivity index (χ2v) is 6.39. The summed E-state index contributed by atoms with van der Waals surface area (Å²) in [5.41, 5.74) is 0.133. The van der Waals surface area contributed by atoms with Crippen molar-refractivity contribution in [1.29, 1.82) is 0 Å². The third-order valence-corrected chi connectivity index (χ3v) is 4.21. The number of aromatic nitrogens is 1. The largest absolute Gasteiger partial charge is 0.434 e. The number of aliphatic imine (C=N–C) groups is 1. The molecule has 1 heterocycles. The second-order valence-electron chi connectivity index (χ2n) is 5.01. The van der Waals surface area contributed by atoms with Gasteiger partial charge < -0.3 is 10.2 Å². The smallest absolute Gasteiger partial charge is 0.350 e. The van der Waals surface area contributed by atoms with Crippen LogP contribution >= 0.6 is 22.9 Å². The van der Waals surface area contributed by atoms with Crippen molar-refractivity contribution in [2.24, 2.45) is 4.99 Å². The number of guanidine groups is 1. The number of hydrogen-bond donors (Lipinski definition) is 1. The molecule has 0 spiro atoms. The lowest BCUT2D eigenvalue weighted by molar-refractivity contribution is -0.140. The monoisotopic (exact) mass is 376 g/mol. The molecule has 0 saturated carbocycles. The van der Waals surface area contributed by atoms with Gasteiger partial charge in [-0.15, -0.1) is 11.3 Å². The maximum atomic E-state index is 12.6. The number of hydrogen-bond acceptors (Lipinski definition) is 3. The quantitative estimate of drug-likeness (QED) is 0.647. The molecule has 0 aliphatic heterocycles. The molecule has 0 aliphatic carbocycles. The summed E-state index contributed by atoms with van der Waals surface area (Å²) in [6, 6.07) is 7.43. The van der Waals surface area contributed by atoms with E-state index in [0.29, 0.717) is 22.5 Å². The number of alkyl halides is 3. The van der Waals surface area contributed by atoms with Crippen molar-refractivity contribution in [2.45, 2.75) is 19.3 Å². The summed E-state index contributed by atoms with van der Waals surface area (Å²) in [5, 5.41) is 5.01. The minimum absolute atomic E-state index is 0.174. The highest BCUT2D eigenvalue weighted by molar-refractivity contribution is 7.09. The molecule has 1 aromatic heterocycles. The molecule has 1 aromatic carbocycles. The molecule has 24 heavy (non-hydrogen) atoms. The Morgan fingerprint density at radius 1 is 1.42 bits per heavy atom. The Morgan fingerprint density at radius 3 is 2.75 bits per heavy atom. The molecule has 0 atom stereocenters. The van der Waals surface area contributed by atoms with Crippen LogP contribution in [-0.2, 0) is 19.3 Å². The number of rotatable bonds is 4. The maximum Gasteiger partial charge on any atom is 0.434 e. The number of benzene rings is 1. The zero-order valence-electron chi connectivity index (χ0n) is 13.1. The van der Waals surface area contributed by atoms with E-state index in [-0.39, 0.29) is 6.54 Å². The number of nitrogens with one attached hydrogen (secondary N) is 1. The SMILES string of the molecule is CN=C(NCc1nc(C(F)(F)F)cs1)N(C)Cc1cccc(Cl)c1. The lowest BCUT2D eigenvalue weighted by atomic mass is 10.2. The van der Waals surface area contributed by atoms with E-state index in [1.54, 1.807) is 13.1 Å². The van der Waals surface area contributed by atoms with Crippen molar-refractivity contribution >= 4 is 28.9 Å². The third kappa shape index (κ3) is 5.10. The lowest BCUT2D eigenvalue weighted by Crippen LogP contribution is -2.38. The van der Waals surface area contributed by atoms with Gasteiger partial charge in [-0.2, -0.15) is 13.2 Å². The first-order valence-corrected chi connectivity index (χ1v) is 8.23. The zero-order chi connectivity index (χ0) is 17.7. The summed E-state index contributed by atoms with van der Waals surface area (Å²) < 4.78 is 37.7. The first kappa shape index (κ1) is 18.5. The van der Waals surface area contributed by atoms with E-state index in [9.17, 15) is 13.2 Å². The lowest BCUT2D eigenvalue weighted by Gasteiger charge is -2.22. The molecular formula is C15H16ClF3N4S. The predicted molar refractivity (Wildman–Crippen MR) is 90.2 cm³/mol. The van der Waals surface area contributed by atoms with Gasteiger partial charge >= 0.3 is 6.18 Å². The van der Waals surface area contributed by atoms with Gasteiger partial charge in [-0.05, 0) is 17.7 Å². The minimum Gasteiger partial charge on any atom is -0.350 e. The summed E-state index contributed by atoms with van der Waals surface area (Å²) in [4.78, 5) is 9.56. The summed E-state index contributed by atoms with van der Waals surface area (Å²) in [7, 11) is 3.44. The van der Waals surface area contributed by atoms with Crippen LogP contribution in [0.3, 0.4) is 0 Å². The fraction of sp³-hybridized carbons (Fsp3) is 0.333. The van der Waals surface area contributed by atoms with Crippen molar-refractivity contribution in [1.82, 2.24) is 15.2 Å². The van der Waals surface area contributed by atoms with Crippen molar-refractivity contribution in [3.05, 3.63) is 50.9 Å². The molecule has 0 amide bonds. The van der Waals surface area contributed by atoms with Crippen molar-refractivity contribution in [3.8, 4) is 0 Å². The van der Waals surface area contributed by atoms with Crippen LogP contribution in [0.5, 0.6) is 0 Å². The number of halogens is 4. The molecule has 0 fully saturated rings. The second kappa shape index (κ2) is 7.85. The predicted octanol–water partition coefficient (Wildman–Crippen LogP) is 4.02. The fourth-order valence-corrected chi connectivity index (χ4v) is 3.00. The molecule has 1 N–H and O–H groups in total. The van der Waals surface area contributed by atoms with Gasteiger partial charge in [-0.3, -0.25) is 4.99 Å². The summed E-state index contributed by atoms with van der Waals surface area (Å²) in [5.74, 6) is 0.554. The Morgan fingerprint density at radius 2 is 2.17 bits per heavy atom. The van der Waals surface area contributed by atoms with Crippen LogP contribution in [0, 0.1) is 0 Å². The Labute approximate surface area is 147 Å². The van der Waals surface area contributed by atoms with E-state index in [1.807, 2.05) is 30.1 Å². The van der Waals surface area contributed by atoms with Crippen molar-refractivity contribution in [2.75, 3.05) is 14.1 Å². The molecular weight excluding hydrogens is 361 g/mol. The van der Waals surface area contributed by atoms with E-state index in [4.69, 9.17) is 11.6 Å². The minimum atomic E-state index is -4.42. The van der Waals surface area contributed by atoms with E-state index in [2.05, 4.69) is 15.3 Å². The van der Waals surface area contributed by atoms with Gasteiger partial charge in [0, 0.05) is 31.0 Å². The maximum absolute atomic E-state index is 12.6. The summed E-state index contributed by atoms with van der Waals surface area (Å²) in [6.45, 7) is 0.735. The van der Waals surface area contributed by atoms with Crippen molar-refractivity contribution in [3.63, 3.8) is 0 Å². The molecule has 0 radical (unpaired) electrons. The van der Waals surface area contributed by atoms with Crippen molar-refractivity contribution < 1.29 is 13.2 Å². The highest BCUT2D eigenvalue weighted by atomic mass is 35.5. The Balaban J connectivity index is 1.95. The summed E-state index contributed by atoms with van der Waals surface area (Å²) in [6.07, 6.45) is -4.42. The molecule has 9 heteroatoms.